The lowest BCUT2D eigenvalue weighted by atomic mass is 10.2. The van der Waals surface area contributed by atoms with E-state index in [0.717, 1.165) is 6.42 Å². The van der Waals surface area contributed by atoms with Gasteiger partial charge >= 0.3 is 0 Å². The Labute approximate surface area is 122 Å². The smallest absolute Gasteiger partial charge is 0.256 e. The van der Waals surface area contributed by atoms with Crippen molar-refractivity contribution in [2.24, 2.45) is 0 Å². The number of carbonyl (C=O) groups is 1. The van der Waals surface area contributed by atoms with E-state index in [1.807, 2.05) is 0 Å². The van der Waals surface area contributed by atoms with Gasteiger partial charge in [-0.3, -0.25) is 9.48 Å². The van der Waals surface area contributed by atoms with Crippen LogP contribution in [0.5, 0.6) is 11.8 Å². The van der Waals surface area contributed by atoms with Crippen LogP contribution in [0.2, 0.25) is 0 Å². The first kappa shape index (κ1) is 14.8. The number of methoxy groups -OCH3 is 2. The van der Waals surface area contributed by atoms with E-state index >= 15 is 0 Å². The van der Waals surface area contributed by atoms with Gasteiger partial charge in [0.25, 0.3) is 5.91 Å². The maximum Gasteiger partial charge on any atom is 0.256 e. The Morgan fingerprint density at radius 1 is 1.33 bits per heavy atom. The highest BCUT2D eigenvalue weighted by molar-refractivity contribution is 5.96. The second-order valence-electron chi connectivity index (χ2n) is 4.19. The van der Waals surface area contributed by atoms with Crippen molar-refractivity contribution in [3.8, 4) is 11.8 Å². The van der Waals surface area contributed by atoms with Gasteiger partial charge in [-0.2, -0.15) is 4.98 Å². The van der Waals surface area contributed by atoms with E-state index in [1.165, 1.54) is 14.2 Å². The van der Waals surface area contributed by atoms with Gasteiger partial charge in [0, 0.05) is 25.4 Å². The van der Waals surface area contributed by atoms with E-state index in [2.05, 4.69) is 20.6 Å². The van der Waals surface area contributed by atoms with Crippen molar-refractivity contribution in [1.82, 2.24) is 25.3 Å². The lowest BCUT2D eigenvalue weighted by Crippen LogP contribution is -2.26. The molecule has 2 rings (SSSR count). The summed E-state index contributed by atoms with van der Waals surface area (Å²) >= 11 is 0. The van der Waals surface area contributed by atoms with Crippen LogP contribution in [0.1, 0.15) is 16.8 Å². The Balaban J connectivity index is 1.87. The molecule has 0 spiro atoms. The number of carbonyl (C=O) groups excluding carboxylic acids is 1. The first-order chi connectivity index (χ1) is 10.2. The van der Waals surface area contributed by atoms with Crippen LogP contribution >= 0.6 is 0 Å². The fraction of sp³-hybridized carbons (Fsp3) is 0.385. The van der Waals surface area contributed by atoms with Crippen LogP contribution in [0, 0.1) is 0 Å². The minimum absolute atomic E-state index is 0.236. The summed E-state index contributed by atoms with van der Waals surface area (Å²) in [6.07, 6.45) is 4.14. The summed E-state index contributed by atoms with van der Waals surface area (Å²) in [6.45, 7) is 1.21. The van der Waals surface area contributed by atoms with Gasteiger partial charge in [0.15, 0.2) is 0 Å². The van der Waals surface area contributed by atoms with E-state index in [1.54, 1.807) is 29.2 Å². The molecule has 0 aliphatic carbocycles. The van der Waals surface area contributed by atoms with Crippen molar-refractivity contribution in [1.29, 1.82) is 0 Å². The van der Waals surface area contributed by atoms with Gasteiger partial charge in [0.05, 0.1) is 20.4 Å². The number of hydrogen-bond donors (Lipinski definition) is 1. The van der Waals surface area contributed by atoms with Crippen LogP contribution in [0.3, 0.4) is 0 Å². The van der Waals surface area contributed by atoms with Gasteiger partial charge in [-0.1, -0.05) is 5.21 Å². The molecule has 2 aromatic heterocycles. The number of nitrogens with zero attached hydrogens (tertiary/aromatic N) is 4. The van der Waals surface area contributed by atoms with E-state index in [9.17, 15) is 4.79 Å². The second-order valence-corrected chi connectivity index (χ2v) is 4.19. The summed E-state index contributed by atoms with van der Waals surface area (Å²) in [6, 6.07) is 3.24. The Hall–Kier alpha value is -2.64. The van der Waals surface area contributed by atoms with E-state index in [-0.39, 0.29) is 11.8 Å². The zero-order valence-corrected chi connectivity index (χ0v) is 11.9. The molecule has 0 radical (unpaired) electrons. The van der Waals surface area contributed by atoms with Crippen LogP contribution in [0.4, 0.5) is 0 Å². The molecule has 0 bridgehead atoms. The zero-order chi connectivity index (χ0) is 15.1. The molecular formula is C13H17N5O3. The Morgan fingerprint density at radius 3 is 2.86 bits per heavy atom. The van der Waals surface area contributed by atoms with Crippen molar-refractivity contribution in [2.75, 3.05) is 20.8 Å². The van der Waals surface area contributed by atoms with Gasteiger partial charge in [-0.05, 0) is 12.5 Å². The molecule has 1 amide bonds. The molecule has 0 unspecified atom stereocenters. The molecule has 8 nitrogen and oxygen atoms in total. The SMILES string of the molecule is COc1ccc(C(=O)NCCCn2ccnn2)c(OC)n1. The number of nitrogens with one attached hydrogen (secondary N) is 1. The molecule has 8 heteroatoms. The molecule has 2 aromatic rings. The normalized spacial score (nSPS) is 10.2. The first-order valence-electron chi connectivity index (χ1n) is 6.46. The highest BCUT2D eigenvalue weighted by Gasteiger charge is 2.14. The zero-order valence-electron chi connectivity index (χ0n) is 11.9. The number of aromatic nitrogens is 4. The number of pyridine rings is 1. The third-order valence-corrected chi connectivity index (χ3v) is 2.80. The summed E-state index contributed by atoms with van der Waals surface area (Å²) in [5, 5.41) is 10.4. The van der Waals surface area contributed by atoms with E-state index in [0.29, 0.717) is 24.5 Å². The minimum Gasteiger partial charge on any atom is -0.481 e. The number of hydrogen-bond acceptors (Lipinski definition) is 6. The predicted molar refractivity (Wildman–Crippen MR) is 74.3 cm³/mol. The molecular weight excluding hydrogens is 274 g/mol. The van der Waals surface area contributed by atoms with Gasteiger partial charge in [-0.15, -0.1) is 5.10 Å². The largest absolute Gasteiger partial charge is 0.481 e. The molecule has 1 N–H and O–H groups in total. The minimum atomic E-state index is -0.236. The van der Waals surface area contributed by atoms with Crippen LogP contribution in [-0.4, -0.2) is 46.6 Å². The van der Waals surface area contributed by atoms with Gasteiger partial charge in [0.1, 0.15) is 5.56 Å². The monoisotopic (exact) mass is 291 g/mol. The standard InChI is InChI=1S/C13H17N5O3/c1-20-11-5-4-10(13(16-11)21-2)12(19)14-6-3-8-18-9-7-15-17-18/h4-5,7,9H,3,6,8H2,1-2H3,(H,14,19). The Morgan fingerprint density at radius 2 is 2.19 bits per heavy atom. The number of amides is 1. The van der Waals surface area contributed by atoms with Crippen LogP contribution in [0.15, 0.2) is 24.5 Å². The molecule has 21 heavy (non-hydrogen) atoms. The number of ether oxygens (including phenoxy) is 2. The summed E-state index contributed by atoms with van der Waals surface area (Å²) < 4.78 is 11.8. The lowest BCUT2D eigenvalue weighted by Gasteiger charge is -2.09. The highest BCUT2D eigenvalue weighted by atomic mass is 16.5. The molecule has 0 saturated heterocycles. The van der Waals surface area contributed by atoms with Gasteiger partial charge in [-0.25, -0.2) is 0 Å². The molecule has 0 aliphatic heterocycles. The summed E-state index contributed by atoms with van der Waals surface area (Å²) in [5.41, 5.74) is 0.374. The van der Waals surface area contributed by atoms with Crippen LogP contribution in [0.25, 0.3) is 0 Å². The Bertz CT molecular complexity index is 585. The number of aryl methyl sites for hydroxylation is 1. The molecule has 112 valence electrons. The number of rotatable bonds is 7. The summed E-state index contributed by atoms with van der Waals surface area (Å²) in [4.78, 5) is 16.2. The van der Waals surface area contributed by atoms with Crippen molar-refractivity contribution < 1.29 is 14.3 Å². The highest BCUT2D eigenvalue weighted by Crippen LogP contribution is 2.19. The van der Waals surface area contributed by atoms with E-state index in [4.69, 9.17) is 9.47 Å². The predicted octanol–water partition coefficient (Wildman–Crippen LogP) is 0.510. The quantitative estimate of drug-likeness (QED) is 0.747. The maximum absolute atomic E-state index is 12.1. The maximum atomic E-state index is 12.1. The topological polar surface area (TPSA) is 91.2 Å². The lowest BCUT2D eigenvalue weighted by molar-refractivity contribution is 0.0948. The molecule has 0 aliphatic rings. The van der Waals surface area contributed by atoms with Crippen molar-refractivity contribution >= 4 is 5.91 Å². The van der Waals surface area contributed by atoms with Crippen molar-refractivity contribution in [2.45, 2.75) is 13.0 Å². The Kier molecular flexibility index (Phi) is 5.08. The third kappa shape index (κ3) is 3.91. The first-order valence-corrected chi connectivity index (χ1v) is 6.46. The average Bonchev–Trinajstić information content (AvgIpc) is 3.04. The van der Waals surface area contributed by atoms with Crippen molar-refractivity contribution in [3.05, 3.63) is 30.1 Å². The fourth-order valence-corrected chi connectivity index (χ4v) is 1.76. The van der Waals surface area contributed by atoms with Crippen LogP contribution < -0.4 is 14.8 Å². The van der Waals surface area contributed by atoms with Crippen LogP contribution in [-0.2, 0) is 6.54 Å². The van der Waals surface area contributed by atoms with Gasteiger partial charge in [0.2, 0.25) is 11.8 Å². The molecule has 0 fully saturated rings. The van der Waals surface area contributed by atoms with E-state index < -0.39 is 0 Å². The molecule has 0 atom stereocenters. The van der Waals surface area contributed by atoms with Gasteiger partial charge < -0.3 is 14.8 Å². The molecule has 0 aromatic carbocycles. The second kappa shape index (κ2) is 7.22. The molecule has 0 saturated carbocycles. The summed E-state index contributed by atoms with van der Waals surface area (Å²) in [5.74, 6) is 0.401. The average molecular weight is 291 g/mol. The van der Waals surface area contributed by atoms with Crippen molar-refractivity contribution in [3.63, 3.8) is 0 Å². The summed E-state index contributed by atoms with van der Waals surface area (Å²) in [7, 11) is 2.97. The molecule has 2 heterocycles. The third-order valence-electron chi connectivity index (χ3n) is 2.80. The fourth-order valence-electron chi connectivity index (χ4n) is 1.76.